The maximum atomic E-state index is 12.2. The number of hydrogen-bond acceptors (Lipinski definition) is 3. The van der Waals surface area contributed by atoms with Crippen molar-refractivity contribution in [3.8, 4) is 5.75 Å². The van der Waals surface area contributed by atoms with E-state index < -0.39 is 0 Å². The number of aromatic nitrogens is 1. The lowest BCUT2D eigenvalue weighted by Gasteiger charge is -2.05. The highest BCUT2D eigenvalue weighted by Crippen LogP contribution is 2.26. The number of nitrogens with one attached hydrogen (secondary N) is 2. The highest BCUT2D eigenvalue weighted by Gasteiger charge is 2.16. The van der Waals surface area contributed by atoms with Gasteiger partial charge in [0.25, 0.3) is 5.91 Å². The fourth-order valence-corrected chi connectivity index (χ4v) is 2.12. The first kappa shape index (κ1) is 13.4. The Bertz CT molecular complexity index is 590. The van der Waals surface area contributed by atoms with E-state index in [1.165, 1.54) is 0 Å². The molecule has 1 aromatic heterocycles. The van der Waals surface area contributed by atoms with Gasteiger partial charge in [-0.2, -0.15) is 0 Å². The Morgan fingerprint density at radius 1 is 1.47 bits per heavy atom. The van der Waals surface area contributed by atoms with Crippen LogP contribution in [0.15, 0.2) is 18.2 Å². The molecule has 5 heteroatoms. The molecule has 0 saturated carbocycles. The summed E-state index contributed by atoms with van der Waals surface area (Å²) in [6, 6.07) is 5.66. The van der Waals surface area contributed by atoms with Crippen molar-refractivity contribution in [2.75, 3.05) is 20.2 Å². The van der Waals surface area contributed by atoms with Crippen molar-refractivity contribution in [3.05, 3.63) is 29.5 Å². The second-order valence-electron chi connectivity index (χ2n) is 4.43. The highest BCUT2D eigenvalue weighted by atomic mass is 16.5. The first-order chi connectivity index (χ1) is 9.17. The molecule has 0 aliphatic rings. The van der Waals surface area contributed by atoms with E-state index in [0.29, 0.717) is 18.7 Å². The van der Waals surface area contributed by atoms with Crippen LogP contribution >= 0.6 is 0 Å². The Morgan fingerprint density at radius 2 is 2.26 bits per heavy atom. The van der Waals surface area contributed by atoms with Gasteiger partial charge < -0.3 is 20.8 Å². The normalized spacial score (nSPS) is 10.7. The lowest BCUT2D eigenvalue weighted by atomic mass is 10.1. The number of aryl methyl sites for hydroxylation is 1. The Hall–Kier alpha value is -2.01. The summed E-state index contributed by atoms with van der Waals surface area (Å²) in [7, 11) is 1.61. The summed E-state index contributed by atoms with van der Waals surface area (Å²) in [5.41, 5.74) is 7.88. The van der Waals surface area contributed by atoms with Crippen molar-refractivity contribution in [1.82, 2.24) is 10.3 Å². The monoisotopic (exact) mass is 261 g/mol. The van der Waals surface area contributed by atoms with Crippen LogP contribution in [0.5, 0.6) is 5.75 Å². The number of carbonyl (C=O) groups is 1. The van der Waals surface area contributed by atoms with Crippen LogP contribution in [0.4, 0.5) is 0 Å². The molecule has 0 radical (unpaired) electrons. The smallest absolute Gasteiger partial charge is 0.253 e. The van der Waals surface area contributed by atoms with Crippen molar-refractivity contribution in [2.24, 2.45) is 5.73 Å². The number of methoxy groups -OCH3 is 1. The van der Waals surface area contributed by atoms with Crippen LogP contribution < -0.4 is 15.8 Å². The van der Waals surface area contributed by atoms with Gasteiger partial charge in [-0.05, 0) is 38.1 Å². The SMILES string of the molecule is COc1ccc2[nH]c(C)c(C(=O)NCCCN)c2c1. The summed E-state index contributed by atoms with van der Waals surface area (Å²) in [6.45, 7) is 3.05. The van der Waals surface area contributed by atoms with Crippen molar-refractivity contribution >= 4 is 16.8 Å². The molecule has 5 nitrogen and oxygen atoms in total. The molecule has 0 fully saturated rings. The molecule has 0 bridgehead atoms. The van der Waals surface area contributed by atoms with E-state index in [0.717, 1.165) is 28.8 Å². The topological polar surface area (TPSA) is 80.1 Å². The van der Waals surface area contributed by atoms with Gasteiger partial charge in [-0.25, -0.2) is 0 Å². The summed E-state index contributed by atoms with van der Waals surface area (Å²) in [5, 5.41) is 3.75. The number of rotatable bonds is 5. The molecular weight excluding hydrogens is 242 g/mol. The molecule has 2 rings (SSSR count). The van der Waals surface area contributed by atoms with Gasteiger partial charge in [0.2, 0.25) is 0 Å². The lowest BCUT2D eigenvalue weighted by molar-refractivity contribution is 0.0954. The van der Waals surface area contributed by atoms with Crippen LogP contribution in [-0.4, -0.2) is 31.1 Å². The Kier molecular flexibility index (Phi) is 4.06. The minimum Gasteiger partial charge on any atom is -0.497 e. The molecule has 0 spiro atoms. The molecule has 102 valence electrons. The largest absolute Gasteiger partial charge is 0.497 e. The summed E-state index contributed by atoms with van der Waals surface area (Å²) < 4.78 is 5.20. The number of aromatic amines is 1. The third-order valence-corrected chi connectivity index (χ3v) is 3.09. The van der Waals surface area contributed by atoms with Crippen molar-refractivity contribution in [3.63, 3.8) is 0 Å². The van der Waals surface area contributed by atoms with E-state index in [2.05, 4.69) is 10.3 Å². The van der Waals surface area contributed by atoms with Gasteiger partial charge in [-0.15, -0.1) is 0 Å². The molecule has 0 saturated heterocycles. The molecule has 19 heavy (non-hydrogen) atoms. The third-order valence-electron chi connectivity index (χ3n) is 3.09. The van der Waals surface area contributed by atoms with Crippen molar-refractivity contribution in [1.29, 1.82) is 0 Å². The summed E-state index contributed by atoms with van der Waals surface area (Å²) in [4.78, 5) is 15.4. The van der Waals surface area contributed by atoms with Crippen LogP contribution in [0.1, 0.15) is 22.5 Å². The van der Waals surface area contributed by atoms with Crippen LogP contribution in [0.3, 0.4) is 0 Å². The van der Waals surface area contributed by atoms with E-state index in [1.807, 2.05) is 25.1 Å². The maximum absolute atomic E-state index is 12.2. The van der Waals surface area contributed by atoms with Crippen LogP contribution in [0.25, 0.3) is 10.9 Å². The second kappa shape index (κ2) is 5.75. The number of H-pyrrole nitrogens is 1. The van der Waals surface area contributed by atoms with Gasteiger partial charge in [-0.1, -0.05) is 0 Å². The highest BCUT2D eigenvalue weighted by molar-refractivity contribution is 6.08. The quantitative estimate of drug-likeness (QED) is 0.715. The predicted molar refractivity (Wildman–Crippen MR) is 75.6 cm³/mol. The number of nitrogens with two attached hydrogens (primary N) is 1. The first-order valence-electron chi connectivity index (χ1n) is 6.32. The fraction of sp³-hybridized carbons (Fsp3) is 0.357. The van der Waals surface area contributed by atoms with Gasteiger partial charge in [0, 0.05) is 23.1 Å². The van der Waals surface area contributed by atoms with E-state index in [9.17, 15) is 4.79 Å². The zero-order valence-electron chi connectivity index (χ0n) is 11.2. The molecule has 0 atom stereocenters. The minimum atomic E-state index is -0.0783. The van der Waals surface area contributed by atoms with Crippen molar-refractivity contribution < 1.29 is 9.53 Å². The van der Waals surface area contributed by atoms with Gasteiger partial charge in [0.1, 0.15) is 5.75 Å². The van der Waals surface area contributed by atoms with Gasteiger partial charge >= 0.3 is 0 Å². The number of amides is 1. The van der Waals surface area contributed by atoms with E-state index in [-0.39, 0.29) is 5.91 Å². The average molecular weight is 261 g/mol. The molecule has 0 aliphatic heterocycles. The second-order valence-corrected chi connectivity index (χ2v) is 4.43. The summed E-state index contributed by atoms with van der Waals surface area (Å²) in [5.74, 6) is 0.660. The lowest BCUT2D eigenvalue weighted by Crippen LogP contribution is -2.26. The van der Waals surface area contributed by atoms with E-state index in [4.69, 9.17) is 10.5 Å². The first-order valence-corrected chi connectivity index (χ1v) is 6.32. The third kappa shape index (κ3) is 2.71. The Morgan fingerprint density at radius 3 is 2.95 bits per heavy atom. The minimum absolute atomic E-state index is 0.0783. The fourth-order valence-electron chi connectivity index (χ4n) is 2.12. The summed E-state index contributed by atoms with van der Waals surface area (Å²) in [6.07, 6.45) is 0.774. The number of carbonyl (C=O) groups excluding carboxylic acids is 1. The van der Waals surface area contributed by atoms with Gasteiger partial charge in [0.05, 0.1) is 12.7 Å². The van der Waals surface area contributed by atoms with Crippen LogP contribution in [-0.2, 0) is 0 Å². The van der Waals surface area contributed by atoms with E-state index in [1.54, 1.807) is 7.11 Å². The predicted octanol–water partition coefficient (Wildman–Crippen LogP) is 1.56. The molecule has 1 amide bonds. The Balaban J connectivity index is 2.35. The molecule has 0 aliphatic carbocycles. The number of fused-ring (bicyclic) bond motifs is 1. The van der Waals surface area contributed by atoms with Crippen LogP contribution in [0.2, 0.25) is 0 Å². The zero-order chi connectivity index (χ0) is 13.8. The molecule has 0 unspecified atom stereocenters. The Labute approximate surface area is 112 Å². The molecule has 1 aromatic carbocycles. The van der Waals surface area contributed by atoms with E-state index >= 15 is 0 Å². The molecule has 1 heterocycles. The number of hydrogen-bond donors (Lipinski definition) is 3. The van der Waals surface area contributed by atoms with Gasteiger partial charge in [-0.3, -0.25) is 4.79 Å². The van der Waals surface area contributed by atoms with Crippen LogP contribution in [0, 0.1) is 6.92 Å². The summed E-state index contributed by atoms with van der Waals surface area (Å²) >= 11 is 0. The molecule has 4 N–H and O–H groups in total. The zero-order valence-corrected chi connectivity index (χ0v) is 11.2. The number of ether oxygens (including phenoxy) is 1. The van der Waals surface area contributed by atoms with Crippen molar-refractivity contribution in [2.45, 2.75) is 13.3 Å². The maximum Gasteiger partial charge on any atom is 0.253 e. The standard InChI is InChI=1S/C14H19N3O2/c1-9-13(14(18)16-7-3-6-15)11-8-10(19-2)4-5-12(11)17-9/h4-5,8,17H,3,6-7,15H2,1-2H3,(H,16,18). The average Bonchev–Trinajstić information content (AvgIpc) is 2.73. The number of benzene rings is 1. The molecule has 2 aromatic rings. The van der Waals surface area contributed by atoms with Gasteiger partial charge in [0.15, 0.2) is 0 Å². The molecular formula is C14H19N3O2.